The Hall–Kier alpha value is -1.35. The molecule has 0 spiro atoms. The van der Waals surface area contributed by atoms with Crippen LogP contribution in [0.15, 0.2) is 23.1 Å². The summed E-state index contributed by atoms with van der Waals surface area (Å²) in [6.45, 7) is 4.12. The van der Waals surface area contributed by atoms with Crippen LogP contribution in [-0.4, -0.2) is 9.97 Å². The molecule has 0 aliphatic carbocycles. The van der Waals surface area contributed by atoms with E-state index in [4.69, 9.17) is 11.6 Å². The van der Waals surface area contributed by atoms with Crippen molar-refractivity contribution in [2.75, 3.05) is 0 Å². The highest BCUT2D eigenvalue weighted by molar-refractivity contribution is 6.32. The normalized spacial score (nSPS) is 11.2. The predicted molar refractivity (Wildman–Crippen MR) is 61.5 cm³/mol. The molecule has 0 aromatic carbocycles. The van der Waals surface area contributed by atoms with Crippen LogP contribution in [0.3, 0.4) is 0 Å². The van der Waals surface area contributed by atoms with Gasteiger partial charge in [-0.3, -0.25) is 4.79 Å². The van der Waals surface area contributed by atoms with Crippen LogP contribution >= 0.6 is 11.6 Å². The molecule has 15 heavy (non-hydrogen) atoms. The van der Waals surface area contributed by atoms with Crippen LogP contribution < -0.4 is 5.56 Å². The molecule has 2 heterocycles. The van der Waals surface area contributed by atoms with Crippen molar-refractivity contribution in [1.29, 1.82) is 0 Å². The minimum Gasteiger partial charge on any atom is -0.307 e. The van der Waals surface area contributed by atoms with Gasteiger partial charge < -0.3 is 4.98 Å². The summed E-state index contributed by atoms with van der Waals surface area (Å²) in [5.41, 5.74) is 1.47. The number of halogens is 1. The van der Waals surface area contributed by atoms with E-state index in [1.54, 1.807) is 12.3 Å². The first-order valence-corrected chi connectivity index (χ1v) is 5.15. The minimum absolute atomic E-state index is 0.146. The number of hydrogen-bond donors (Lipinski definition) is 1. The average molecular weight is 223 g/mol. The van der Waals surface area contributed by atoms with Crippen LogP contribution in [0.1, 0.15) is 25.3 Å². The summed E-state index contributed by atoms with van der Waals surface area (Å²) in [5.74, 6) is 0.300. The van der Waals surface area contributed by atoms with Crippen LogP contribution in [0.5, 0.6) is 0 Å². The fourth-order valence-electron chi connectivity index (χ4n) is 1.69. The minimum atomic E-state index is -0.146. The maximum absolute atomic E-state index is 11.1. The van der Waals surface area contributed by atoms with Gasteiger partial charge in [-0.2, -0.15) is 0 Å². The molecular weight excluding hydrogens is 212 g/mol. The molecule has 0 saturated heterocycles. The zero-order valence-electron chi connectivity index (χ0n) is 8.54. The van der Waals surface area contributed by atoms with Gasteiger partial charge in [0, 0.05) is 17.6 Å². The topological polar surface area (TPSA) is 45.8 Å². The second-order valence-corrected chi connectivity index (χ2v) is 4.17. The molecule has 0 radical (unpaired) electrons. The summed E-state index contributed by atoms with van der Waals surface area (Å²) < 4.78 is 0. The van der Waals surface area contributed by atoms with Crippen LogP contribution in [0.2, 0.25) is 5.02 Å². The van der Waals surface area contributed by atoms with E-state index >= 15 is 0 Å². The smallest absolute Gasteiger partial charge is 0.249 e. The summed E-state index contributed by atoms with van der Waals surface area (Å²) in [6, 6.07) is 3.26. The number of aromatic nitrogens is 2. The maximum Gasteiger partial charge on any atom is 0.249 e. The molecule has 0 fully saturated rings. The molecule has 78 valence electrons. The number of hydrogen-bond acceptors (Lipinski definition) is 2. The highest BCUT2D eigenvalue weighted by Gasteiger charge is 2.10. The van der Waals surface area contributed by atoms with Gasteiger partial charge >= 0.3 is 0 Å². The zero-order chi connectivity index (χ0) is 11.0. The van der Waals surface area contributed by atoms with Gasteiger partial charge in [0.1, 0.15) is 5.65 Å². The van der Waals surface area contributed by atoms with E-state index in [0.717, 1.165) is 10.9 Å². The van der Waals surface area contributed by atoms with Gasteiger partial charge in [0.2, 0.25) is 5.56 Å². The number of H-pyrrole nitrogens is 1. The van der Waals surface area contributed by atoms with Crippen LogP contribution in [0.25, 0.3) is 11.0 Å². The van der Waals surface area contributed by atoms with Crippen LogP contribution in [0.4, 0.5) is 0 Å². The van der Waals surface area contributed by atoms with E-state index in [1.807, 2.05) is 0 Å². The molecule has 0 unspecified atom stereocenters. The maximum atomic E-state index is 11.1. The van der Waals surface area contributed by atoms with E-state index in [9.17, 15) is 4.79 Å². The molecule has 1 N–H and O–H groups in total. The highest BCUT2D eigenvalue weighted by Crippen LogP contribution is 2.29. The highest BCUT2D eigenvalue weighted by atomic mass is 35.5. The number of fused-ring (bicyclic) bond motifs is 1. The summed E-state index contributed by atoms with van der Waals surface area (Å²) in [5, 5.41) is 1.56. The van der Waals surface area contributed by atoms with Gasteiger partial charge in [-0.05, 0) is 17.5 Å². The molecular formula is C11H11ClN2O. The molecule has 0 saturated carbocycles. The molecule has 2 aromatic rings. The van der Waals surface area contributed by atoms with Crippen LogP contribution in [0, 0.1) is 0 Å². The van der Waals surface area contributed by atoms with Gasteiger partial charge in [0.25, 0.3) is 0 Å². The summed E-state index contributed by atoms with van der Waals surface area (Å²) in [4.78, 5) is 17.9. The third-order valence-corrected chi connectivity index (χ3v) is 2.63. The summed E-state index contributed by atoms with van der Waals surface area (Å²) >= 11 is 6.08. The Balaban J connectivity index is 2.87. The number of rotatable bonds is 1. The van der Waals surface area contributed by atoms with Crippen molar-refractivity contribution in [1.82, 2.24) is 9.97 Å². The number of nitrogens with one attached hydrogen (secondary N) is 1. The molecule has 3 nitrogen and oxygen atoms in total. The van der Waals surface area contributed by atoms with Gasteiger partial charge in [-0.15, -0.1) is 0 Å². The quantitative estimate of drug-likeness (QED) is 0.807. The average Bonchev–Trinajstić information content (AvgIpc) is 2.17. The standard InChI is InChI=1S/C11H11ClN2O/c1-6(2)10-7-3-4-9(15)14-11(7)13-5-8(10)12/h3-6H,1-2H3,(H,13,14,15). The van der Waals surface area contributed by atoms with Gasteiger partial charge in [0.05, 0.1) is 5.02 Å². The lowest BCUT2D eigenvalue weighted by atomic mass is 10.0. The first-order valence-electron chi connectivity index (χ1n) is 4.77. The third kappa shape index (κ3) is 1.75. The lowest BCUT2D eigenvalue weighted by Crippen LogP contribution is -2.05. The SMILES string of the molecule is CC(C)c1c(Cl)cnc2[nH]c(=O)ccc12. The third-order valence-electron chi connectivity index (χ3n) is 2.33. The Morgan fingerprint density at radius 1 is 1.40 bits per heavy atom. The molecule has 0 aliphatic heterocycles. The molecule has 2 rings (SSSR count). The first kappa shape index (κ1) is 10.2. The van der Waals surface area contributed by atoms with Crippen molar-refractivity contribution in [3.63, 3.8) is 0 Å². The Labute approximate surface area is 92.1 Å². The Morgan fingerprint density at radius 2 is 2.13 bits per heavy atom. The van der Waals surface area contributed by atoms with Gasteiger partial charge in [0.15, 0.2) is 0 Å². The summed E-state index contributed by atoms with van der Waals surface area (Å²) in [6.07, 6.45) is 1.58. The second kappa shape index (κ2) is 3.66. The predicted octanol–water partition coefficient (Wildman–Crippen LogP) is 2.70. The molecule has 0 bridgehead atoms. The monoisotopic (exact) mass is 222 g/mol. The summed E-state index contributed by atoms with van der Waals surface area (Å²) in [7, 11) is 0. The van der Waals surface area contributed by atoms with Crippen molar-refractivity contribution in [3.8, 4) is 0 Å². The van der Waals surface area contributed by atoms with E-state index in [0.29, 0.717) is 16.6 Å². The largest absolute Gasteiger partial charge is 0.307 e. The molecule has 0 aliphatic rings. The van der Waals surface area contributed by atoms with Crippen molar-refractivity contribution in [3.05, 3.63) is 39.3 Å². The Morgan fingerprint density at radius 3 is 2.80 bits per heavy atom. The van der Waals surface area contributed by atoms with E-state index in [-0.39, 0.29) is 5.56 Å². The first-order chi connectivity index (χ1) is 7.09. The van der Waals surface area contributed by atoms with Crippen molar-refractivity contribution in [2.24, 2.45) is 0 Å². The zero-order valence-corrected chi connectivity index (χ0v) is 9.30. The van der Waals surface area contributed by atoms with Gasteiger partial charge in [-0.25, -0.2) is 4.98 Å². The molecule has 0 amide bonds. The van der Waals surface area contributed by atoms with Crippen molar-refractivity contribution >= 4 is 22.6 Å². The molecule has 0 atom stereocenters. The fourth-order valence-corrected chi connectivity index (χ4v) is 2.06. The lowest BCUT2D eigenvalue weighted by molar-refractivity contribution is 0.873. The fraction of sp³-hybridized carbons (Fsp3) is 0.273. The number of nitrogens with zero attached hydrogens (tertiary/aromatic N) is 1. The van der Waals surface area contributed by atoms with E-state index < -0.39 is 0 Å². The second-order valence-electron chi connectivity index (χ2n) is 3.76. The van der Waals surface area contributed by atoms with E-state index in [1.165, 1.54) is 6.07 Å². The Bertz CT molecular complexity index is 560. The lowest BCUT2D eigenvalue weighted by Gasteiger charge is -2.10. The van der Waals surface area contributed by atoms with Crippen molar-refractivity contribution in [2.45, 2.75) is 19.8 Å². The number of pyridine rings is 2. The Kier molecular flexibility index (Phi) is 2.49. The molecule has 4 heteroatoms. The van der Waals surface area contributed by atoms with E-state index in [2.05, 4.69) is 23.8 Å². The molecule has 2 aromatic heterocycles. The van der Waals surface area contributed by atoms with Crippen molar-refractivity contribution < 1.29 is 0 Å². The van der Waals surface area contributed by atoms with Gasteiger partial charge in [-0.1, -0.05) is 25.4 Å². The number of aromatic amines is 1. The van der Waals surface area contributed by atoms with Crippen LogP contribution in [-0.2, 0) is 0 Å².